The molecule has 1 N–H and O–H groups in total. The van der Waals surface area contributed by atoms with Crippen LogP contribution in [0.2, 0.25) is 0 Å². The van der Waals surface area contributed by atoms with Crippen molar-refractivity contribution in [1.29, 1.82) is 0 Å². The molecule has 0 saturated heterocycles. The summed E-state index contributed by atoms with van der Waals surface area (Å²) in [5, 5.41) is 9.13. The van der Waals surface area contributed by atoms with E-state index >= 15 is 0 Å². The summed E-state index contributed by atoms with van der Waals surface area (Å²) in [4.78, 5) is 35.6. The predicted octanol–water partition coefficient (Wildman–Crippen LogP) is 1.46. The quantitative estimate of drug-likeness (QED) is 0.671. The minimum absolute atomic E-state index is 0. The van der Waals surface area contributed by atoms with Crippen LogP contribution in [0.15, 0.2) is 17.1 Å². The van der Waals surface area contributed by atoms with Crippen LogP contribution in [0, 0.1) is 0 Å². The van der Waals surface area contributed by atoms with E-state index < -0.39 is 28.7 Å². The van der Waals surface area contributed by atoms with E-state index in [9.17, 15) is 14.4 Å². The van der Waals surface area contributed by atoms with Gasteiger partial charge in [0.1, 0.15) is 11.2 Å². The topological polar surface area (TPSA) is 85.6 Å². The minimum Gasteiger partial charge on any atom is -0.478 e. The van der Waals surface area contributed by atoms with Crippen molar-refractivity contribution >= 4 is 30.8 Å². The SMILES string of the molecule is CC(C)(C)OC(=O)c1c(C(=O)O)ccn(C2CC2)c1=O.[Li]. The van der Waals surface area contributed by atoms with Crippen molar-refractivity contribution in [3.63, 3.8) is 0 Å². The number of aromatic nitrogens is 1. The van der Waals surface area contributed by atoms with E-state index in [-0.39, 0.29) is 30.5 Å². The summed E-state index contributed by atoms with van der Waals surface area (Å²) in [6, 6.07) is 1.34. The Balaban J connectivity index is 0.00000220. The Hall–Kier alpha value is -1.51. The maximum Gasteiger partial charge on any atom is 0.345 e. The summed E-state index contributed by atoms with van der Waals surface area (Å²) in [5.74, 6) is -2.21. The number of carboxylic acids is 1. The first-order chi connectivity index (χ1) is 9.20. The van der Waals surface area contributed by atoms with Crippen LogP contribution in [0.5, 0.6) is 0 Å². The first-order valence-electron chi connectivity index (χ1n) is 6.42. The number of hydrogen-bond acceptors (Lipinski definition) is 4. The van der Waals surface area contributed by atoms with Gasteiger partial charge < -0.3 is 14.4 Å². The molecule has 1 heterocycles. The van der Waals surface area contributed by atoms with Crippen LogP contribution in [0.4, 0.5) is 0 Å². The largest absolute Gasteiger partial charge is 0.478 e. The molecule has 0 aromatic carbocycles. The van der Waals surface area contributed by atoms with E-state index in [1.807, 2.05) is 0 Å². The molecule has 1 aromatic heterocycles. The molecule has 1 saturated carbocycles. The molecule has 1 radical (unpaired) electrons. The van der Waals surface area contributed by atoms with E-state index in [4.69, 9.17) is 9.84 Å². The van der Waals surface area contributed by atoms with Crippen LogP contribution in [0.3, 0.4) is 0 Å². The zero-order valence-electron chi connectivity index (χ0n) is 12.7. The van der Waals surface area contributed by atoms with Gasteiger partial charge in [-0.2, -0.15) is 0 Å². The van der Waals surface area contributed by atoms with Crippen LogP contribution in [0.1, 0.15) is 60.4 Å². The third-order valence-corrected chi connectivity index (χ3v) is 2.89. The van der Waals surface area contributed by atoms with Crippen molar-refractivity contribution in [1.82, 2.24) is 4.57 Å². The van der Waals surface area contributed by atoms with Crippen molar-refractivity contribution in [3.8, 4) is 0 Å². The number of nitrogens with zero attached hydrogens (tertiary/aromatic N) is 1. The number of esters is 1. The fourth-order valence-corrected chi connectivity index (χ4v) is 1.90. The van der Waals surface area contributed by atoms with Crippen LogP contribution in [-0.4, -0.2) is 46.1 Å². The fourth-order valence-electron chi connectivity index (χ4n) is 1.90. The maximum absolute atomic E-state index is 12.3. The number of hydrogen-bond donors (Lipinski definition) is 1. The Labute approximate surface area is 134 Å². The van der Waals surface area contributed by atoms with E-state index in [2.05, 4.69) is 0 Å². The molecule has 0 atom stereocenters. The second-order valence-corrected chi connectivity index (χ2v) is 5.86. The van der Waals surface area contributed by atoms with Crippen LogP contribution in [-0.2, 0) is 4.74 Å². The second-order valence-electron chi connectivity index (χ2n) is 5.86. The van der Waals surface area contributed by atoms with Gasteiger partial charge >= 0.3 is 11.9 Å². The Bertz CT molecular complexity index is 625. The van der Waals surface area contributed by atoms with Gasteiger partial charge in [-0.1, -0.05) is 0 Å². The molecule has 1 fully saturated rings. The van der Waals surface area contributed by atoms with Crippen LogP contribution in [0.25, 0.3) is 0 Å². The van der Waals surface area contributed by atoms with E-state index in [0.29, 0.717) is 0 Å². The molecule has 109 valence electrons. The monoisotopic (exact) mass is 286 g/mol. The smallest absolute Gasteiger partial charge is 0.345 e. The van der Waals surface area contributed by atoms with Gasteiger partial charge in [0.2, 0.25) is 0 Å². The van der Waals surface area contributed by atoms with Crippen molar-refractivity contribution in [3.05, 3.63) is 33.7 Å². The Morgan fingerprint density at radius 3 is 2.33 bits per heavy atom. The molecule has 2 rings (SSSR count). The zero-order valence-corrected chi connectivity index (χ0v) is 12.7. The molecule has 1 aromatic rings. The molecular weight excluding hydrogens is 269 g/mol. The van der Waals surface area contributed by atoms with Gasteiger partial charge in [-0.05, 0) is 39.7 Å². The van der Waals surface area contributed by atoms with Crippen molar-refractivity contribution in [2.75, 3.05) is 0 Å². The molecule has 0 aliphatic heterocycles. The van der Waals surface area contributed by atoms with Crippen molar-refractivity contribution in [2.45, 2.75) is 45.3 Å². The molecule has 0 amide bonds. The molecular formula is C14H17LiNO5. The fraction of sp³-hybridized carbons (Fsp3) is 0.500. The number of carbonyl (C=O) groups excluding carboxylic acids is 1. The van der Waals surface area contributed by atoms with E-state index in [1.165, 1.54) is 16.8 Å². The predicted molar refractivity (Wildman–Crippen MR) is 76.9 cm³/mol. The zero-order chi connectivity index (χ0) is 15.1. The second kappa shape index (κ2) is 6.08. The molecule has 21 heavy (non-hydrogen) atoms. The van der Waals surface area contributed by atoms with Gasteiger partial charge in [-0.3, -0.25) is 4.79 Å². The number of rotatable bonds is 3. The van der Waals surface area contributed by atoms with Gasteiger partial charge in [0.15, 0.2) is 0 Å². The average Bonchev–Trinajstić information content (AvgIpc) is 3.09. The molecule has 7 heteroatoms. The van der Waals surface area contributed by atoms with Crippen LogP contribution >= 0.6 is 0 Å². The number of aromatic carboxylic acids is 1. The van der Waals surface area contributed by atoms with E-state index in [0.717, 1.165) is 12.8 Å². The first kappa shape index (κ1) is 17.5. The molecule has 1 aliphatic carbocycles. The standard InChI is InChI=1S/C14H17NO5.Li/c1-14(2,3)20-13(19)10-9(12(17)18)6-7-15(11(10)16)8-4-5-8;/h6-8H,4-5H2,1-3H3,(H,17,18);. The number of ether oxygens (including phenoxy) is 1. The molecule has 0 unspecified atom stereocenters. The average molecular weight is 286 g/mol. The number of carboxylic acid groups (broad SMARTS) is 1. The molecule has 1 aliphatic rings. The van der Waals surface area contributed by atoms with E-state index in [1.54, 1.807) is 20.8 Å². The molecule has 0 bridgehead atoms. The number of pyridine rings is 1. The third kappa shape index (κ3) is 3.99. The Morgan fingerprint density at radius 1 is 1.33 bits per heavy atom. The summed E-state index contributed by atoms with van der Waals surface area (Å²) < 4.78 is 6.54. The molecule has 0 spiro atoms. The van der Waals surface area contributed by atoms with Gasteiger partial charge in [-0.25, -0.2) is 9.59 Å². The third-order valence-electron chi connectivity index (χ3n) is 2.89. The Morgan fingerprint density at radius 2 is 1.90 bits per heavy atom. The summed E-state index contributed by atoms with van der Waals surface area (Å²) in [5.41, 5.74) is -2.11. The minimum atomic E-state index is -1.31. The van der Waals surface area contributed by atoms with Gasteiger partial charge in [0.25, 0.3) is 5.56 Å². The summed E-state index contributed by atoms with van der Waals surface area (Å²) in [7, 11) is 0. The van der Waals surface area contributed by atoms with Crippen molar-refractivity contribution in [2.24, 2.45) is 0 Å². The summed E-state index contributed by atoms with van der Waals surface area (Å²) >= 11 is 0. The van der Waals surface area contributed by atoms with Crippen molar-refractivity contribution < 1.29 is 19.4 Å². The summed E-state index contributed by atoms with van der Waals surface area (Å²) in [6.45, 7) is 4.98. The molecule has 6 nitrogen and oxygen atoms in total. The first-order valence-corrected chi connectivity index (χ1v) is 6.42. The normalized spacial score (nSPS) is 14.2. The van der Waals surface area contributed by atoms with Gasteiger partial charge in [0, 0.05) is 31.1 Å². The van der Waals surface area contributed by atoms with Gasteiger partial charge in [-0.15, -0.1) is 0 Å². The Kier molecular flexibility index (Phi) is 5.08. The van der Waals surface area contributed by atoms with Gasteiger partial charge in [0.05, 0.1) is 5.56 Å². The number of carbonyl (C=O) groups is 2. The van der Waals surface area contributed by atoms with Crippen LogP contribution < -0.4 is 5.56 Å². The summed E-state index contributed by atoms with van der Waals surface area (Å²) in [6.07, 6.45) is 3.15. The maximum atomic E-state index is 12.3.